The molecule has 1 aliphatic rings. The second-order valence-electron chi connectivity index (χ2n) is 2.03. The summed E-state index contributed by atoms with van der Waals surface area (Å²) in [4.78, 5) is 10.2. The highest BCUT2D eigenvalue weighted by atomic mass is 19.2. The van der Waals surface area contributed by atoms with Crippen molar-refractivity contribution < 1.29 is 23.0 Å². The molecule has 1 saturated heterocycles. The average molecular weight is 152 g/mol. The second kappa shape index (κ2) is 2.07. The maximum absolute atomic E-state index is 12.7. The van der Waals surface area contributed by atoms with Crippen LogP contribution >= 0.6 is 0 Å². The third-order valence-corrected chi connectivity index (χ3v) is 1.32. The lowest BCUT2D eigenvalue weighted by atomic mass is 10.2. The van der Waals surface area contributed by atoms with Gasteiger partial charge in [-0.2, -0.15) is 4.39 Å². The van der Waals surface area contributed by atoms with Gasteiger partial charge in [0.1, 0.15) is 0 Å². The van der Waals surface area contributed by atoms with E-state index in [1.807, 2.05) is 0 Å². The van der Waals surface area contributed by atoms with E-state index in [1.54, 1.807) is 0 Å². The van der Waals surface area contributed by atoms with Gasteiger partial charge in [-0.1, -0.05) is 0 Å². The number of ether oxygens (including phenoxy) is 2. The van der Waals surface area contributed by atoms with E-state index in [-0.39, 0.29) is 0 Å². The molecular formula is C5H6F2O3. The third-order valence-electron chi connectivity index (χ3n) is 1.32. The van der Waals surface area contributed by atoms with Crippen LogP contribution in [0.3, 0.4) is 0 Å². The Morgan fingerprint density at radius 2 is 2.40 bits per heavy atom. The van der Waals surface area contributed by atoms with Gasteiger partial charge in [-0.3, -0.25) is 0 Å². The zero-order valence-electron chi connectivity index (χ0n) is 5.27. The molecule has 0 saturated carbocycles. The first-order valence-corrected chi connectivity index (χ1v) is 2.73. The fraction of sp³-hybridized carbons (Fsp3) is 0.800. The van der Waals surface area contributed by atoms with Gasteiger partial charge in [-0.05, 0) is 6.92 Å². The Kier molecular flexibility index (Phi) is 1.50. The van der Waals surface area contributed by atoms with Crippen molar-refractivity contribution in [2.75, 3.05) is 6.67 Å². The molecule has 5 heteroatoms. The Hall–Kier alpha value is -0.870. The van der Waals surface area contributed by atoms with E-state index < -0.39 is 24.8 Å². The summed E-state index contributed by atoms with van der Waals surface area (Å²) < 4.78 is 32.6. The standard InChI is InChI=1S/C5H6F2O3/c1-3-5(7,2-6)10-4(8)9-3/h3H,2H2,1H3. The quantitative estimate of drug-likeness (QED) is 0.529. The van der Waals surface area contributed by atoms with Gasteiger partial charge in [0.05, 0.1) is 0 Å². The molecule has 0 aromatic heterocycles. The van der Waals surface area contributed by atoms with E-state index in [1.165, 1.54) is 6.92 Å². The minimum Gasteiger partial charge on any atom is -0.424 e. The predicted octanol–water partition coefficient (Wildman–Crippen LogP) is 1.18. The highest BCUT2D eigenvalue weighted by Gasteiger charge is 2.50. The monoisotopic (exact) mass is 152 g/mol. The van der Waals surface area contributed by atoms with Crippen molar-refractivity contribution in [2.24, 2.45) is 0 Å². The van der Waals surface area contributed by atoms with E-state index in [4.69, 9.17) is 0 Å². The van der Waals surface area contributed by atoms with Crippen molar-refractivity contribution in [2.45, 2.75) is 18.9 Å². The van der Waals surface area contributed by atoms with Gasteiger partial charge in [0.2, 0.25) is 0 Å². The number of carbonyl (C=O) groups excluding carboxylic acids is 1. The lowest BCUT2D eigenvalue weighted by molar-refractivity contribution is -0.102. The maximum atomic E-state index is 12.7. The summed E-state index contributed by atoms with van der Waals surface area (Å²) >= 11 is 0. The topological polar surface area (TPSA) is 35.5 Å². The molecule has 0 aromatic carbocycles. The van der Waals surface area contributed by atoms with Crippen LogP contribution in [0.15, 0.2) is 0 Å². The molecule has 0 spiro atoms. The number of rotatable bonds is 1. The van der Waals surface area contributed by atoms with Gasteiger partial charge in [-0.25, -0.2) is 9.18 Å². The number of cyclic esters (lactones) is 2. The Labute approximate surface area is 55.9 Å². The first kappa shape index (κ1) is 7.24. The van der Waals surface area contributed by atoms with Crippen molar-refractivity contribution >= 4 is 6.16 Å². The highest BCUT2D eigenvalue weighted by Crippen LogP contribution is 2.28. The molecule has 1 rings (SSSR count). The minimum absolute atomic E-state index is 1.16. The molecule has 1 fully saturated rings. The molecule has 2 unspecified atom stereocenters. The smallest absolute Gasteiger partial charge is 0.424 e. The van der Waals surface area contributed by atoms with E-state index in [0.717, 1.165) is 0 Å². The summed E-state index contributed by atoms with van der Waals surface area (Å²) in [5, 5.41) is 0. The first-order valence-electron chi connectivity index (χ1n) is 2.73. The normalized spacial score (nSPS) is 39.1. The number of halogens is 2. The molecule has 0 bridgehead atoms. The van der Waals surface area contributed by atoms with Gasteiger partial charge in [-0.15, -0.1) is 0 Å². The highest BCUT2D eigenvalue weighted by molar-refractivity contribution is 5.63. The molecule has 58 valence electrons. The Balaban J connectivity index is 2.70. The van der Waals surface area contributed by atoms with E-state index in [2.05, 4.69) is 9.47 Å². The summed E-state index contributed by atoms with van der Waals surface area (Å²) in [6.45, 7) is -0.148. The minimum atomic E-state index is -2.57. The lowest BCUT2D eigenvalue weighted by Crippen LogP contribution is -2.35. The van der Waals surface area contributed by atoms with Crippen LogP contribution in [0.1, 0.15) is 6.92 Å². The molecule has 0 amide bonds. The van der Waals surface area contributed by atoms with Crippen LogP contribution in [0.5, 0.6) is 0 Å². The molecule has 0 radical (unpaired) electrons. The van der Waals surface area contributed by atoms with Gasteiger partial charge in [0.25, 0.3) is 0 Å². The fourth-order valence-corrected chi connectivity index (χ4v) is 0.614. The summed E-state index contributed by atoms with van der Waals surface area (Å²) in [6.07, 6.45) is -2.32. The van der Waals surface area contributed by atoms with Crippen molar-refractivity contribution in [1.29, 1.82) is 0 Å². The fourth-order valence-electron chi connectivity index (χ4n) is 0.614. The molecule has 1 heterocycles. The Bertz CT molecular complexity index is 161. The predicted molar refractivity (Wildman–Crippen MR) is 26.8 cm³/mol. The summed E-state index contributed by atoms with van der Waals surface area (Å²) in [6, 6.07) is 0. The summed E-state index contributed by atoms with van der Waals surface area (Å²) in [7, 11) is 0. The molecule has 2 atom stereocenters. The van der Waals surface area contributed by atoms with Crippen LogP contribution in [0.25, 0.3) is 0 Å². The number of alkyl halides is 2. The SMILES string of the molecule is CC1OC(=O)OC1(F)CF. The van der Waals surface area contributed by atoms with Crippen LogP contribution in [0.4, 0.5) is 13.6 Å². The lowest BCUT2D eigenvalue weighted by Gasteiger charge is -2.14. The van der Waals surface area contributed by atoms with Crippen molar-refractivity contribution in [1.82, 2.24) is 0 Å². The maximum Gasteiger partial charge on any atom is 0.511 e. The molecule has 0 aliphatic carbocycles. The number of carbonyl (C=O) groups is 1. The van der Waals surface area contributed by atoms with Gasteiger partial charge >= 0.3 is 12.0 Å². The molecule has 3 nitrogen and oxygen atoms in total. The van der Waals surface area contributed by atoms with Crippen LogP contribution < -0.4 is 0 Å². The van der Waals surface area contributed by atoms with E-state index in [9.17, 15) is 13.6 Å². The average Bonchev–Trinajstić information content (AvgIpc) is 2.09. The summed E-state index contributed by atoms with van der Waals surface area (Å²) in [5.41, 5.74) is 0. The zero-order valence-corrected chi connectivity index (χ0v) is 5.27. The number of hydrogen-bond acceptors (Lipinski definition) is 3. The zero-order chi connectivity index (χ0) is 7.78. The van der Waals surface area contributed by atoms with Crippen LogP contribution in [-0.2, 0) is 9.47 Å². The third kappa shape index (κ3) is 0.913. The Morgan fingerprint density at radius 1 is 1.80 bits per heavy atom. The molecule has 0 N–H and O–H groups in total. The van der Waals surface area contributed by atoms with E-state index >= 15 is 0 Å². The molecule has 1 aliphatic heterocycles. The van der Waals surface area contributed by atoms with Crippen LogP contribution in [0, 0.1) is 0 Å². The van der Waals surface area contributed by atoms with Crippen LogP contribution in [0.2, 0.25) is 0 Å². The van der Waals surface area contributed by atoms with Gasteiger partial charge in [0.15, 0.2) is 12.8 Å². The van der Waals surface area contributed by atoms with Gasteiger partial charge < -0.3 is 9.47 Å². The van der Waals surface area contributed by atoms with Crippen molar-refractivity contribution in [3.05, 3.63) is 0 Å². The second-order valence-corrected chi connectivity index (χ2v) is 2.03. The first-order chi connectivity index (χ1) is 4.58. The summed E-state index contributed by atoms with van der Waals surface area (Å²) in [5.74, 6) is -2.57. The number of hydrogen-bond donors (Lipinski definition) is 0. The largest absolute Gasteiger partial charge is 0.511 e. The van der Waals surface area contributed by atoms with Crippen LogP contribution in [-0.4, -0.2) is 24.8 Å². The van der Waals surface area contributed by atoms with Crippen molar-refractivity contribution in [3.8, 4) is 0 Å². The van der Waals surface area contributed by atoms with E-state index in [0.29, 0.717) is 0 Å². The van der Waals surface area contributed by atoms with Crippen molar-refractivity contribution in [3.63, 3.8) is 0 Å². The molecule has 10 heavy (non-hydrogen) atoms. The Morgan fingerprint density at radius 3 is 2.60 bits per heavy atom. The molecular weight excluding hydrogens is 146 g/mol. The van der Waals surface area contributed by atoms with Gasteiger partial charge in [0, 0.05) is 0 Å². The molecule has 0 aromatic rings.